The van der Waals surface area contributed by atoms with Crippen molar-refractivity contribution in [2.45, 2.75) is 13.0 Å². The quantitative estimate of drug-likeness (QED) is 0.602. The molecule has 9 nitrogen and oxygen atoms in total. The highest BCUT2D eigenvalue weighted by Crippen LogP contribution is 2.29. The van der Waals surface area contributed by atoms with Crippen LogP contribution in [0.4, 0.5) is 5.69 Å². The van der Waals surface area contributed by atoms with Crippen molar-refractivity contribution in [1.29, 1.82) is 0 Å². The fourth-order valence-corrected chi connectivity index (χ4v) is 2.53. The lowest BCUT2D eigenvalue weighted by molar-refractivity contribution is -0.152. The average molecular weight is 416 g/mol. The zero-order valence-electron chi connectivity index (χ0n) is 17.2. The minimum absolute atomic E-state index is 0.284. The summed E-state index contributed by atoms with van der Waals surface area (Å²) in [6.07, 6.45) is -1.08. The number of hydrogen-bond acceptors (Lipinski definition) is 7. The van der Waals surface area contributed by atoms with E-state index in [2.05, 4.69) is 10.6 Å². The molecule has 0 radical (unpaired) electrons. The van der Waals surface area contributed by atoms with E-state index in [0.29, 0.717) is 22.9 Å². The van der Waals surface area contributed by atoms with Crippen LogP contribution in [0.2, 0.25) is 0 Å². The van der Waals surface area contributed by atoms with Crippen LogP contribution >= 0.6 is 0 Å². The predicted octanol–water partition coefficient (Wildman–Crippen LogP) is 2.01. The third kappa shape index (κ3) is 5.87. The van der Waals surface area contributed by atoms with Crippen LogP contribution in [0.15, 0.2) is 42.5 Å². The first-order valence-corrected chi connectivity index (χ1v) is 9.03. The number of benzene rings is 2. The van der Waals surface area contributed by atoms with E-state index >= 15 is 0 Å². The molecule has 0 spiro atoms. The summed E-state index contributed by atoms with van der Waals surface area (Å²) in [6.45, 7) is 1.03. The number of nitrogens with one attached hydrogen (secondary N) is 2. The smallest absolute Gasteiger partial charge is 0.326 e. The summed E-state index contributed by atoms with van der Waals surface area (Å²) in [6, 6.07) is 11.4. The standard InChI is InChI=1S/C21H24N2O7/c1-13(20(25)23-14-9-10-17(28-3)18(11-14)29-4)30-19(24)12-22-21(26)15-7-5-6-8-16(15)27-2/h5-11,13H,12H2,1-4H3,(H,22,26)(H,23,25). The third-order valence-corrected chi connectivity index (χ3v) is 4.07. The molecule has 2 aromatic rings. The SMILES string of the molecule is COc1ccc(NC(=O)C(C)OC(=O)CNC(=O)c2ccccc2OC)cc1OC. The maximum Gasteiger partial charge on any atom is 0.326 e. The molecule has 2 N–H and O–H groups in total. The van der Waals surface area contributed by atoms with Gasteiger partial charge in [-0.25, -0.2) is 0 Å². The summed E-state index contributed by atoms with van der Waals surface area (Å²) in [5.74, 6) is -0.447. The molecule has 30 heavy (non-hydrogen) atoms. The number of methoxy groups -OCH3 is 3. The molecule has 0 saturated heterocycles. The van der Waals surface area contributed by atoms with E-state index in [9.17, 15) is 14.4 Å². The number of carbonyl (C=O) groups is 3. The van der Waals surface area contributed by atoms with Crippen molar-refractivity contribution < 1.29 is 33.3 Å². The van der Waals surface area contributed by atoms with Crippen LogP contribution in [0.5, 0.6) is 17.2 Å². The summed E-state index contributed by atoms with van der Waals surface area (Å²) in [5.41, 5.74) is 0.733. The first-order valence-electron chi connectivity index (χ1n) is 9.03. The molecular formula is C21H24N2O7. The normalized spacial score (nSPS) is 11.1. The molecule has 0 fully saturated rings. The molecule has 0 aromatic heterocycles. The maximum atomic E-state index is 12.3. The Hall–Kier alpha value is -3.75. The molecule has 0 aliphatic carbocycles. The molecule has 9 heteroatoms. The van der Waals surface area contributed by atoms with Gasteiger partial charge in [0.15, 0.2) is 17.6 Å². The Morgan fingerprint density at radius 3 is 2.23 bits per heavy atom. The van der Waals surface area contributed by atoms with Gasteiger partial charge in [0.2, 0.25) is 0 Å². The molecule has 160 valence electrons. The van der Waals surface area contributed by atoms with Crippen molar-refractivity contribution in [3.05, 3.63) is 48.0 Å². The Labute approximate surface area is 174 Å². The van der Waals surface area contributed by atoms with Gasteiger partial charge in [-0.2, -0.15) is 0 Å². The second-order valence-corrected chi connectivity index (χ2v) is 6.07. The molecule has 2 amide bonds. The van der Waals surface area contributed by atoms with Crippen molar-refractivity contribution in [1.82, 2.24) is 5.32 Å². The van der Waals surface area contributed by atoms with E-state index in [1.54, 1.807) is 42.5 Å². The van der Waals surface area contributed by atoms with Crippen LogP contribution in [0, 0.1) is 0 Å². The molecular weight excluding hydrogens is 392 g/mol. The van der Waals surface area contributed by atoms with E-state index < -0.39 is 30.4 Å². The molecule has 0 bridgehead atoms. The lowest BCUT2D eigenvalue weighted by Gasteiger charge is -2.15. The minimum Gasteiger partial charge on any atom is -0.496 e. The van der Waals surface area contributed by atoms with Crippen LogP contribution < -0.4 is 24.8 Å². The Bertz CT molecular complexity index is 914. The van der Waals surface area contributed by atoms with Gasteiger partial charge in [-0.05, 0) is 31.2 Å². The number of amides is 2. The minimum atomic E-state index is -1.08. The van der Waals surface area contributed by atoms with Crippen LogP contribution in [-0.2, 0) is 14.3 Å². The van der Waals surface area contributed by atoms with Gasteiger partial charge in [-0.15, -0.1) is 0 Å². The van der Waals surface area contributed by atoms with Gasteiger partial charge >= 0.3 is 5.97 Å². The van der Waals surface area contributed by atoms with Gasteiger partial charge in [0.1, 0.15) is 12.3 Å². The molecule has 1 unspecified atom stereocenters. The van der Waals surface area contributed by atoms with Gasteiger partial charge in [0, 0.05) is 11.8 Å². The van der Waals surface area contributed by atoms with E-state index in [1.807, 2.05) is 0 Å². The number of anilines is 1. The number of rotatable bonds is 9. The van der Waals surface area contributed by atoms with Crippen molar-refractivity contribution in [2.24, 2.45) is 0 Å². The lowest BCUT2D eigenvalue weighted by atomic mass is 10.2. The zero-order valence-corrected chi connectivity index (χ0v) is 17.2. The molecule has 2 rings (SSSR count). The average Bonchev–Trinajstić information content (AvgIpc) is 2.77. The van der Waals surface area contributed by atoms with E-state index in [1.165, 1.54) is 28.3 Å². The van der Waals surface area contributed by atoms with Crippen molar-refractivity contribution in [2.75, 3.05) is 33.2 Å². The highest BCUT2D eigenvalue weighted by molar-refractivity contribution is 5.99. The molecule has 0 aliphatic heterocycles. The Kier molecular flexibility index (Phi) is 8.04. The summed E-state index contributed by atoms with van der Waals surface area (Å²) in [4.78, 5) is 36.5. The van der Waals surface area contributed by atoms with E-state index in [4.69, 9.17) is 18.9 Å². The van der Waals surface area contributed by atoms with Gasteiger partial charge in [0.25, 0.3) is 11.8 Å². The number of hydrogen-bond donors (Lipinski definition) is 2. The Balaban J connectivity index is 1.87. The fraction of sp³-hybridized carbons (Fsp3) is 0.286. The Morgan fingerprint density at radius 1 is 0.900 bits per heavy atom. The van der Waals surface area contributed by atoms with E-state index in [-0.39, 0.29) is 5.56 Å². The monoisotopic (exact) mass is 416 g/mol. The first-order chi connectivity index (χ1) is 14.4. The van der Waals surface area contributed by atoms with Gasteiger partial charge in [-0.3, -0.25) is 14.4 Å². The van der Waals surface area contributed by atoms with Crippen molar-refractivity contribution >= 4 is 23.5 Å². The van der Waals surface area contributed by atoms with Gasteiger partial charge < -0.3 is 29.6 Å². The molecule has 0 saturated carbocycles. The van der Waals surface area contributed by atoms with Crippen LogP contribution in [0.3, 0.4) is 0 Å². The topological polar surface area (TPSA) is 112 Å². The van der Waals surface area contributed by atoms with Crippen LogP contribution in [0.25, 0.3) is 0 Å². The van der Waals surface area contributed by atoms with Crippen molar-refractivity contribution in [3.63, 3.8) is 0 Å². The lowest BCUT2D eigenvalue weighted by Crippen LogP contribution is -2.36. The van der Waals surface area contributed by atoms with Crippen LogP contribution in [0.1, 0.15) is 17.3 Å². The first kappa shape index (κ1) is 22.5. The highest BCUT2D eigenvalue weighted by Gasteiger charge is 2.20. The highest BCUT2D eigenvalue weighted by atomic mass is 16.5. The number of ether oxygens (including phenoxy) is 4. The fourth-order valence-electron chi connectivity index (χ4n) is 2.53. The maximum absolute atomic E-state index is 12.3. The summed E-state index contributed by atoms with van der Waals surface area (Å²) < 4.78 is 20.5. The molecule has 2 aromatic carbocycles. The molecule has 1 atom stereocenters. The second-order valence-electron chi connectivity index (χ2n) is 6.07. The predicted molar refractivity (Wildman–Crippen MR) is 109 cm³/mol. The van der Waals surface area contributed by atoms with Gasteiger partial charge in [-0.1, -0.05) is 12.1 Å². The molecule has 0 aliphatic rings. The number of esters is 1. The summed E-state index contributed by atoms with van der Waals surface area (Å²) in [7, 11) is 4.43. The number of para-hydroxylation sites is 1. The van der Waals surface area contributed by atoms with Gasteiger partial charge in [0.05, 0.1) is 26.9 Å². The summed E-state index contributed by atoms with van der Waals surface area (Å²) >= 11 is 0. The molecule has 0 heterocycles. The van der Waals surface area contributed by atoms with E-state index in [0.717, 1.165) is 0 Å². The Morgan fingerprint density at radius 2 is 1.57 bits per heavy atom. The van der Waals surface area contributed by atoms with Crippen LogP contribution in [-0.4, -0.2) is 51.8 Å². The second kappa shape index (κ2) is 10.7. The summed E-state index contributed by atoms with van der Waals surface area (Å²) in [5, 5.41) is 5.06. The zero-order chi connectivity index (χ0) is 22.1. The van der Waals surface area contributed by atoms with Crippen molar-refractivity contribution in [3.8, 4) is 17.2 Å². The third-order valence-electron chi connectivity index (χ3n) is 4.07. The largest absolute Gasteiger partial charge is 0.496 e. The number of carbonyl (C=O) groups excluding carboxylic acids is 3.